The quantitative estimate of drug-likeness (QED) is 0.751. The van der Waals surface area contributed by atoms with Gasteiger partial charge in [0.15, 0.2) is 0 Å². The van der Waals surface area contributed by atoms with E-state index < -0.39 is 0 Å². The van der Waals surface area contributed by atoms with Crippen LogP contribution >= 0.6 is 0 Å². The highest BCUT2D eigenvalue weighted by Crippen LogP contribution is 2.38. The van der Waals surface area contributed by atoms with Gasteiger partial charge in [-0.3, -0.25) is 10.1 Å². The van der Waals surface area contributed by atoms with Gasteiger partial charge in [0.05, 0.1) is 5.69 Å². The number of anilines is 1. The minimum atomic E-state index is 0.0450. The van der Waals surface area contributed by atoms with Crippen molar-refractivity contribution in [1.82, 2.24) is 5.16 Å². The number of amides is 1. The summed E-state index contributed by atoms with van der Waals surface area (Å²) >= 11 is 0. The smallest absolute Gasteiger partial charge is 0.231 e. The number of hydrogen-bond donors (Lipinski definition) is 1. The number of hydrogen-bond acceptors (Lipinski definition) is 3. The van der Waals surface area contributed by atoms with Gasteiger partial charge in [0.2, 0.25) is 11.8 Å². The zero-order valence-corrected chi connectivity index (χ0v) is 7.70. The van der Waals surface area contributed by atoms with Crippen LogP contribution in [0.1, 0.15) is 19.0 Å². The molecule has 70 valence electrons. The summed E-state index contributed by atoms with van der Waals surface area (Å²) in [7, 11) is 0. The largest absolute Gasteiger partial charge is 0.338 e. The van der Waals surface area contributed by atoms with E-state index in [0.717, 1.165) is 12.1 Å². The third kappa shape index (κ3) is 1.71. The van der Waals surface area contributed by atoms with Crippen molar-refractivity contribution in [3.63, 3.8) is 0 Å². The van der Waals surface area contributed by atoms with E-state index in [1.54, 1.807) is 6.07 Å². The maximum atomic E-state index is 11.4. The van der Waals surface area contributed by atoms with Crippen molar-refractivity contribution in [2.24, 2.45) is 11.8 Å². The SMILES string of the molecule is Cc1cc(NC(=O)C2CC2C)on1. The predicted molar refractivity (Wildman–Crippen MR) is 47.1 cm³/mol. The van der Waals surface area contributed by atoms with Crippen LogP contribution in [0.3, 0.4) is 0 Å². The van der Waals surface area contributed by atoms with Gasteiger partial charge in [-0.25, -0.2) is 0 Å². The first-order valence-corrected chi connectivity index (χ1v) is 4.41. The number of nitrogens with one attached hydrogen (secondary N) is 1. The minimum Gasteiger partial charge on any atom is -0.338 e. The maximum Gasteiger partial charge on any atom is 0.231 e. The molecule has 4 heteroatoms. The lowest BCUT2D eigenvalue weighted by Gasteiger charge is -1.97. The molecular weight excluding hydrogens is 168 g/mol. The van der Waals surface area contributed by atoms with Crippen molar-refractivity contribution in [3.8, 4) is 0 Å². The minimum absolute atomic E-state index is 0.0450. The van der Waals surface area contributed by atoms with Gasteiger partial charge in [-0.2, -0.15) is 0 Å². The summed E-state index contributed by atoms with van der Waals surface area (Å²) < 4.78 is 4.87. The van der Waals surface area contributed by atoms with Crippen LogP contribution in [0.4, 0.5) is 5.88 Å². The summed E-state index contributed by atoms with van der Waals surface area (Å²) in [6, 6.07) is 1.71. The fourth-order valence-corrected chi connectivity index (χ4v) is 1.32. The Morgan fingerprint density at radius 1 is 1.77 bits per heavy atom. The molecule has 2 unspecified atom stereocenters. The van der Waals surface area contributed by atoms with Crippen molar-refractivity contribution < 1.29 is 9.32 Å². The zero-order chi connectivity index (χ0) is 9.42. The molecule has 0 bridgehead atoms. The van der Waals surface area contributed by atoms with E-state index in [4.69, 9.17) is 4.52 Å². The summed E-state index contributed by atoms with van der Waals surface area (Å²) in [5.74, 6) is 1.18. The fourth-order valence-electron chi connectivity index (χ4n) is 1.32. The van der Waals surface area contributed by atoms with Crippen molar-refractivity contribution in [3.05, 3.63) is 11.8 Å². The third-order valence-electron chi connectivity index (χ3n) is 2.32. The van der Waals surface area contributed by atoms with Gasteiger partial charge in [-0.15, -0.1) is 0 Å². The number of aryl methyl sites for hydroxylation is 1. The molecule has 1 amide bonds. The number of rotatable bonds is 2. The number of carbonyl (C=O) groups is 1. The van der Waals surface area contributed by atoms with Crippen LogP contribution in [0.25, 0.3) is 0 Å². The molecule has 0 aromatic carbocycles. The van der Waals surface area contributed by atoms with E-state index in [0.29, 0.717) is 11.8 Å². The summed E-state index contributed by atoms with van der Waals surface area (Å²) in [5, 5.41) is 6.37. The molecule has 2 rings (SSSR count). The van der Waals surface area contributed by atoms with Crippen LogP contribution in [0.15, 0.2) is 10.6 Å². The van der Waals surface area contributed by atoms with E-state index in [2.05, 4.69) is 17.4 Å². The second kappa shape index (κ2) is 2.87. The van der Waals surface area contributed by atoms with Gasteiger partial charge >= 0.3 is 0 Å². The van der Waals surface area contributed by atoms with Crippen molar-refractivity contribution in [2.75, 3.05) is 5.32 Å². The molecule has 1 aromatic heterocycles. The fraction of sp³-hybridized carbons (Fsp3) is 0.556. The van der Waals surface area contributed by atoms with E-state index >= 15 is 0 Å². The second-order valence-corrected chi connectivity index (χ2v) is 3.64. The van der Waals surface area contributed by atoms with Gasteiger partial charge < -0.3 is 4.52 Å². The highest BCUT2D eigenvalue weighted by atomic mass is 16.5. The first kappa shape index (κ1) is 8.29. The average Bonchev–Trinajstić information content (AvgIpc) is 2.66. The van der Waals surface area contributed by atoms with E-state index in [1.165, 1.54) is 0 Å². The molecular formula is C9H12N2O2. The van der Waals surface area contributed by atoms with Gasteiger partial charge in [0.1, 0.15) is 0 Å². The lowest BCUT2D eigenvalue weighted by atomic mass is 10.3. The predicted octanol–water partition coefficient (Wildman–Crippen LogP) is 1.58. The molecule has 1 aliphatic carbocycles. The van der Waals surface area contributed by atoms with Gasteiger partial charge in [0, 0.05) is 12.0 Å². The molecule has 1 aromatic rings. The monoisotopic (exact) mass is 180 g/mol. The molecule has 1 heterocycles. The van der Waals surface area contributed by atoms with Crippen LogP contribution in [0.5, 0.6) is 0 Å². The summed E-state index contributed by atoms with van der Waals surface area (Å²) in [5.41, 5.74) is 0.777. The lowest BCUT2D eigenvalue weighted by molar-refractivity contribution is -0.117. The highest BCUT2D eigenvalue weighted by molar-refractivity contribution is 5.93. The lowest BCUT2D eigenvalue weighted by Crippen LogP contribution is -2.13. The van der Waals surface area contributed by atoms with E-state index in [-0.39, 0.29) is 11.8 Å². The highest BCUT2D eigenvalue weighted by Gasteiger charge is 2.39. The Bertz CT molecular complexity index is 332. The summed E-state index contributed by atoms with van der Waals surface area (Å²) in [6.07, 6.45) is 0.985. The molecule has 0 aliphatic heterocycles. The molecule has 0 radical (unpaired) electrons. The molecule has 4 nitrogen and oxygen atoms in total. The van der Waals surface area contributed by atoms with Crippen molar-refractivity contribution >= 4 is 11.8 Å². The summed E-state index contributed by atoms with van der Waals surface area (Å²) in [6.45, 7) is 3.88. The Morgan fingerprint density at radius 3 is 2.92 bits per heavy atom. The first-order chi connectivity index (χ1) is 6.16. The topological polar surface area (TPSA) is 55.1 Å². The average molecular weight is 180 g/mol. The molecule has 0 spiro atoms. The number of carbonyl (C=O) groups excluding carboxylic acids is 1. The van der Waals surface area contributed by atoms with Crippen LogP contribution in [-0.4, -0.2) is 11.1 Å². The van der Waals surface area contributed by atoms with Crippen molar-refractivity contribution in [2.45, 2.75) is 20.3 Å². The molecule has 1 aliphatic rings. The molecule has 1 N–H and O–H groups in total. The Kier molecular flexibility index (Phi) is 1.83. The van der Waals surface area contributed by atoms with Gasteiger partial charge in [-0.05, 0) is 19.3 Å². The number of aromatic nitrogens is 1. The van der Waals surface area contributed by atoms with E-state index in [1.807, 2.05) is 6.92 Å². The van der Waals surface area contributed by atoms with Crippen LogP contribution in [-0.2, 0) is 4.79 Å². The summed E-state index contributed by atoms with van der Waals surface area (Å²) in [4.78, 5) is 11.4. The molecule has 13 heavy (non-hydrogen) atoms. The van der Waals surface area contributed by atoms with Gasteiger partial charge in [-0.1, -0.05) is 12.1 Å². The molecule has 0 saturated heterocycles. The first-order valence-electron chi connectivity index (χ1n) is 4.41. The normalized spacial score (nSPS) is 25.7. The van der Waals surface area contributed by atoms with Crippen LogP contribution in [0.2, 0.25) is 0 Å². The molecule has 2 atom stereocenters. The van der Waals surface area contributed by atoms with Crippen molar-refractivity contribution in [1.29, 1.82) is 0 Å². The Labute approximate surface area is 76.3 Å². The third-order valence-corrected chi connectivity index (χ3v) is 2.32. The van der Waals surface area contributed by atoms with Crippen LogP contribution < -0.4 is 5.32 Å². The Morgan fingerprint density at radius 2 is 2.46 bits per heavy atom. The molecule has 1 saturated carbocycles. The number of nitrogens with zero attached hydrogens (tertiary/aromatic N) is 1. The second-order valence-electron chi connectivity index (χ2n) is 3.64. The molecule has 1 fully saturated rings. The van der Waals surface area contributed by atoms with Crippen LogP contribution in [0, 0.1) is 18.8 Å². The Hall–Kier alpha value is -1.32. The maximum absolute atomic E-state index is 11.4. The van der Waals surface area contributed by atoms with Gasteiger partial charge in [0.25, 0.3) is 0 Å². The zero-order valence-electron chi connectivity index (χ0n) is 7.70. The van der Waals surface area contributed by atoms with E-state index in [9.17, 15) is 4.79 Å². The standard InChI is InChI=1S/C9H12N2O2/c1-5-3-7(5)9(12)10-8-4-6(2)11-13-8/h4-5,7H,3H2,1-2H3,(H,10,12). The Balaban J connectivity index is 1.95.